The molecule has 2 aromatic carbocycles. The summed E-state index contributed by atoms with van der Waals surface area (Å²) in [5, 5.41) is 9.71. The van der Waals surface area contributed by atoms with Crippen molar-refractivity contribution >= 4 is 10.0 Å². The molecule has 1 aliphatic heterocycles. The first-order valence-electron chi connectivity index (χ1n) is 10.9. The van der Waals surface area contributed by atoms with Crippen LogP contribution in [0.25, 0.3) is 0 Å². The Morgan fingerprint density at radius 1 is 1.21 bits per heavy atom. The Morgan fingerprint density at radius 3 is 2.55 bits per heavy atom. The van der Waals surface area contributed by atoms with Crippen molar-refractivity contribution in [3.05, 3.63) is 53.6 Å². The second-order valence-corrected chi connectivity index (χ2v) is 10.5. The Labute approximate surface area is 197 Å². The molecular formula is C25H32N2O5S. The van der Waals surface area contributed by atoms with Crippen LogP contribution >= 0.6 is 0 Å². The summed E-state index contributed by atoms with van der Waals surface area (Å²) >= 11 is 0. The van der Waals surface area contributed by atoms with Crippen LogP contribution in [-0.4, -0.2) is 75.8 Å². The summed E-state index contributed by atoms with van der Waals surface area (Å²) in [5.74, 6) is 7.09. The van der Waals surface area contributed by atoms with E-state index >= 15 is 0 Å². The van der Waals surface area contributed by atoms with Gasteiger partial charge in [0.15, 0.2) is 0 Å². The van der Waals surface area contributed by atoms with Gasteiger partial charge in [-0.15, -0.1) is 0 Å². The largest absolute Gasteiger partial charge is 0.497 e. The molecule has 1 heterocycles. The van der Waals surface area contributed by atoms with E-state index in [1.165, 1.54) is 4.31 Å². The van der Waals surface area contributed by atoms with Gasteiger partial charge in [-0.05, 0) is 57.4 Å². The lowest BCUT2D eigenvalue weighted by molar-refractivity contribution is 0.0812. The number of hydrogen-bond acceptors (Lipinski definition) is 6. The minimum atomic E-state index is -3.86. The molecule has 0 saturated carbocycles. The summed E-state index contributed by atoms with van der Waals surface area (Å²) in [6.07, 6.45) is -0.232. The van der Waals surface area contributed by atoms with Crippen molar-refractivity contribution in [2.45, 2.75) is 30.9 Å². The van der Waals surface area contributed by atoms with Crippen molar-refractivity contribution in [3.8, 4) is 23.3 Å². The topological polar surface area (TPSA) is 79.3 Å². The van der Waals surface area contributed by atoms with Crippen LogP contribution in [0.4, 0.5) is 0 Å². The fraction of sp³-hybridized carbons (Fsp3) is 0.440. The molecule has 1 N–H and O–H groups in total. The van der Waals surface area contributed by atoms with Gasteiger partial charge in [-0.3, -0.25) is 0 Å². The number of nitrogens with zero attached hydrogens (tertiary/aromatic N) is 2. The van der Waals surface area contributed by atoms with Crippen LogP contribution < -0.4 is 9.47 Å². The average Bonchev–Trinajstić information content (AvgIpc) is 2.79. The maximum atomic E-state index is 13.5. The van der Waals surface area contributed by atoms with Gasteiger partial charge in [0.05, 0.1) is 13.7 Å². The molecule has 33 heavy (non-hydrogen) atoms. The third-order valence-electron chi connectivity index (χ3n) is 5.63. The van der Waals surface area contributed by atoms with Crippen LogP contribution in [0.1, 0.15) is 25.0 Å². The van der Waals surface area contributed by atoms with E-state index in [4.69, 9.17) is 9.47 Å². The van der Waals surface area contributed by atoms with Crippen LogP contribution in [0.5, 0.6) is 11.5 Å². The van der Waals surface area contributed by atoms with Gasteiger partial charge >= 0.3 is 0 Å². The summed E-state index contributed by atoms with van der Waals surface area (Å²) in [6.45, 7) is 4.31. The molecule has 0 aromatic heterocycles. The second kappa shape index (κ2) is 10.6. The van der Waals surface area contributed by atoms with E-state index in [2.05, 4.69) is 11.8 Å². The number of sulfonamides is 1. The Hall–Kier alpha value is -2.57. The number of aliphatic hydroxyl groups excluding tert-OH is 1. The first-order valence-corrected chi connectivity index (χ1v) is 12.3. The SMILES string of the molecule is COc1cccc(C#Cc2ccc3c(c2)O[C@H](CN(C)C)[C@@H](C)CN([C@@H](C)CO)S3(=O)=O)c1. The normalized spacial score (nSPS) is 21.1. The van der Waals surface area contributed by atoms with E-state index in [9.17, 15) is 13.5 Å². The highest BCUT2D eigenvalue weighted by Crippen LogP contribution is 2.34. The highest BCUT2D eigenvalue weighted by atomic mass is 32.2. The minimum Gasteiger partial charge on any atom is -0.497 e. The molecule has 0 radical (unpaired) electrons. The van der Waals surface area contributed by atoms with E-state index in [0.29, 0.717) is 17.9 Å². The summed E-state index contributed by atoms with van der Waals surface area (Å²) in [4.78, 5) is 2.11. The van der Waals surface area contributed by atoms with Gasteiger partial charge in [0.25, 0.3) is 0 Å². The molecule has 0 spiro atoms. The zero-order valence-electron chi connectivity index (χ0n) is 19.8. The molecule has 2 aromatic rings. The lowest BCUT2D eigenvalue weighted by Gasteiger charge is -2.37. The van der Waals surface area contributed by atoms with E-state index in [1.54, 1.807) is 32.2 Å². The quantitative estimate of drug-likeness (QED) is 0.674. The molecule has 3 rings (SSSR count). The molecule has 3 atom stereocenters. The van der Waals surface area contributed by atoms with Gasteiger partial charge in [0.2, 0.25) is 10.0 Å². The van der Waals surface area contributed by atoms with Gasteiger partial charge in [-0.1, -0.05) is 24.8 Å². The van der Waals surface area contributed by atoms with E-state index in [0.717, 1.165) is 5.56 Å². The number of benzene rings is 2. The Kier molecular flexibility index (Phi) is 8.03. The molecule has 8 heteroatoms. The summed E-state index contributed by atoms with van der Waals surface area (Å²) in [5.41, 5.74) is 1.43. The van der Waals surface area contributed by atoms with Gasteiger partial charge in [-0.25, -0.2) is 8.42 Å². The highest BCUT2D eigenvalue weighted by molar-refractivity contribution is 7.89. The monoisotopic (exact) mass is 472 g/mol. The number of methoxy groups -OCH3 is 1. The summed E-state index contributed by atoms with van der Waals surface area (Å²) in [7, 11) is 1.65. The predicted octanol–water partition coefficient (Wildman–Crippen LogP) is 2.43. The summed E-state index contributed by atoms with van der Waals surface area (Å²) in [6, 6.07) is 11.8. The van der Waals surface area contributed by atoms with Crippen molar-refractivity contribution < 1.29 is 23.0 Å². The maximum absolute atomic E-state index is 13.5. The second-order valence-electron chi connectivity index (χ2n) is 8.65. The first-order chi connectivity index (χ1) is 15.6. The molecule has 1 aliphatic rings. The van der Waals surface area contributed by atoms with E-state index in [1.807, 2.05) is 50.2 Å². The summed E-state index contributed by atoms with van der Waals surface area (Å²) < 4.78 is 39.9. The number of aliphatic hydroxyl groups is 1. The smallest absolute Gasteiger partial charge is 0.247 e. The van der Waals surface area contributed by atoms with Crippen LogP contribution in [0.15, 0.2) is 47.4 Å². The standard InChI is InChI=1S/C25H32N2O5S/c1-18-15-27(19(2)17-28)33(29,30)25-12-11-21(14-23(25)32-24(18)16-26(3)4)10-9-20-7-6-8-22(13-20)31-5/h6-8,11-14,18-19,24,28H,15-17H2,1-5H3/t18-,19-,24+/m0/s1. The number of hydrogen-bond donors (Lipinski definition) is 1. The van der Waals surface area contributed by atoms with Crippen LogP contribution in [0.2, 0.25) is 0 Å². The molecular weight excluding hydrogens is 440 g/mol. The Morgan fingerprint density at radius 2 is 1.91 bits per heavy atom. The van der Waals surface area contributed by atoms with Crippen molar-refractivity contribution in [1.29, 1.82) is 0 Å². The zero-order valence-corrected chi connectivity index (χ0v) is 20.6. The fourth-order valence-corrected chi connectivity index (χ4v) is 5.55. The predicted molar refractivity (Wildman–Crippen MR) is 128 cm³/mol. The van der Waals surface area contributed by atoms with E-state index < -0.39 is 16.1 Å². The molecule has 0 aliphatic carbocycles. The van der Waals surface area contributed by atoms with Crippen molar-refractivity contribution in [2.75, 3.05) is 40.9 Å². The molecule has 0 unspecified atom stereocenters. The lowest BCUT2D eigenvalue weighted by atomic mass is 10.0. The molecule has 0 amide bonds. The number of ether oxygens (including phenoxy) is 2. The van der Waals surface area contributed by atoms with Crippen molar-refractivity contribution in [3.63, 3.8) is 0 Å². The Balaban J connectivity index is 2.06. The van der Waals surface area contributed by atoms with Crippen LogP contribution in [-0.2, 0) is 10.0 Å². The van der Waals surface area contributed by atoms with Crippen molar-refractivity contribution in [2.24, 2.45) is 5.92 Å². The molecule has 0 fully saturated rings. The number of likely N-dealkylation sites (N-methyl/N-ethyl adjacent to an activating group) is 1. The van der Waals surface area contributed by atoms with Gasteiger partial charge in [0, 0.05) is 36.2 Å². The third-order valence-corrected chi connectivity index (χ3v) is 7.65. The zero-order chi connectivity index (χ0) is 24.2. The minimum absolute atomic E-state index is 0.0872. The van der Waals surface area contributed by atoms with E-state index in [-0.39, 0.29) is 35.8 Å². The van der Waals surface area contributed by atoms with Gasteiger partial charge < -0.3 is 19.5 Å². The van der Waals surface area contributed by atoms with Crippen LogP contribution in [0, 0.1) is 17.8 Å². The maximum Gasteiger partial charge on any atom is 0.247 e. The first kappa shape index (κ1) is 25.1. The molecule has 0 bridgehead atoms. The van der Waals surface area contributed by atoms with Crippen molar-refractivity contribution in [1.82, 2.24) is 9.21 Å². The third kappa shape index (κ3) is 5.87. The molecule has 7 nitrogen and oxygen atoms in total. The fourth-order valence-electron chi connectivity index (χ4n) is 3.73. The number of rotatable bonds is 5. The van der Waals surface area contributed by atoms with Gasteiger partial charge in [0.1, 0.15) is 22.5 Å². The Bertz CT molecular complexity index is 1140. The molecule has 0 saturated heterocycles. The average molecular weight is 473 g/mol. The lowest BCUT2D eigenvalue weighted by Crippen LogP contribution is -2.49. The number of fused-ring (bicyclic) bond motifs is 1. The van der Waals surface area contributed by atoms with Gasteiger partial charge in [-0.2, -0.15) is 4.31 Å². The highest BCUT2D eigenvalue weighted by Gasteiger charge is 2.37. The van der Waals surface area contributed by atoms with Crippen LogP contribution in [0.3, 0.4) is 0 Å². The molecule has 178 valence electrons.